The lowest BCUT2D eigenvalue weighted by atomic mass is 9.85. The second kappa shape index (κ2) is 4.63. The molecule has 2 fully saturated rings. The van der Waals surface area contributed by atoms with Crippen molar-refractivity contribution >= 4 is 0 Å². The minimum absolute atomic E-state index is 0.420. The van der Waals surface area contributed by atoms with Crippen LogP contribution in [0.25, 0.3) is 0 Å². The van der Waals surface area contributed by atoms with E-state index in [9.17, 15) is 0 Å². The number of nitrogens with one attached hydrogen (secondary N) is 1. The van der Waals surface area contributed by atoms with E-state index in [1.807, 2.05) is 0 Å². The first-order valence-corrected chi connectivity index (χ1v) is 6.15. The molecule has 2 aliphatic rings. The lowest BCUT2D eigenvalue weighted by molar-refractivity contribution is 0.106. The molecule has 0 spiro atoms. The van der Waals surface area contributed by atoms with Crippen LogP contribution in [0.5, 0.6) is 0 Å². The highest BCUT2D eigenvalue weighted by Gasteiger charge is 2.29. The van der Waals surface area contributed by atoms with E-state index in [0.29, 0.717) is 12.1 Å². The molecular formula is C12H23NO. The van der Waals surface area contributed by atoms with Gasteiger partial charge >= 0.3 is 0 Å². The maximum absolute atomic E-state index is 5.58. The molecule has 1 aliphatic heterocycles. The zero-order valence-electron chi connectivity index (χ0n) is 9.46. The third-order valence-electron chi connectivity index (χ3n) is 3.92. The highest BCUT2D eigenvalue weighted by Crippen LogP contribution is 2.25. The van der Waals surface area contributed by atoms with Crippen LogP contribution in [-0.4, -0.2) is 24.8 Å². The summed E-state index contributed by atoms with van der Waals surface area (Å²) in [6.07, 6.45) is 7.22. The molecule has 1 aliphatic carbocycles. The molecular weight excluding hydrogens is 174 g/mol. The normalized spacial score (nSPS) is 44.1. The van der Waals surface area contributed by atoms with Gasteiger partial charge in [0.2, 0.25) is 0 Å². The smallest absolute Gasteiger partial charge is 0.0700 e. The Kier molecular flexibility index (Phi) is 3.45. The van der Waals surface area contributed by atoms with Gasteiger partial charge in [0.25, 0.3) is 0 Å². The Morgan fingerprint density at radius 1 is 1.00 bits per heavy atom. The Labute approximate surface area is 87.4 Å². The van der Waals surface area contributed by atoms with Gasteiger partial charge in [0.1, 0.15) is 0 Å². The molecule has 2 nitrogen and oxygen atoms in total. The minimum Gasteiger partial charge on any atom is -0.377 e. The van der Waals surface area contributed by atoms with Crippen molar-refractivity contribution in [2.45, 2.75) is 64.1 Å². The average Bonchev–Trinajstić information content (AvgIpc) is 2.56. The van der Waals surface area contributed by atoms with Gasteiger partial charge in [-0.15, -0.1) is 0 Å². The van der Waals surface area contributed by atoms with Crippen LogP contribution in [0, 0.1) is 5.92 Å². The number of rotatable bonds is 2. The van der Waals surface area contributed by atoms with Gasteiger partial charge in [0.05, 0.1) is 6.10 Å². The number of hydrogen-bond donors (Lipinski definition) is 1. The fourth-order valence-electron chi connectivity index (χ4n) is 2.79. The summed E-state index contributed by atoms with van der Waals surface area (Å²) in [5.74, 6) is 0.858. The molecule has 1 saturated heterocycles. The van der Waals surface area contributed by atoms with Gasteiger partial charge < -0.3 is 10.1 Å². The summed E-state index contributed by atoms with van der Waals surface area (Å²) in [6.45, 7) is 5.52. The third kappa shape index (κ3) is 2.29. The van der Waals surface area contributed by atoms with Crippen LogP contribution < -0.4 is 5.32 Å². The van der Waals surface area contributed by atoms with Crippen molar-refractivity contribution in [2.24, 2.45) is 5.92 Å². The first kappa shape index (κ1) is 10.4. The summed E-state index contributed by atoms with van der Waals surface area (Å²) in [5.41, 5.74) is 0. The standard InChI is InChI=1S/C12H23NO/c1-9-5-3-4-6-11(9)13-12-7-8-14-10(12)2/h9-13H,3-8H2,1-2H3/t9-,10+,11+,12-/m1/s1. The topological polar surface area (TPSA) is 21.3 Å². The van der Waals surface area contributed by atoms with Gasteiger partial charge in [-0.3, -0.25) is 0 Å². The molecule has 0 aromatic carbocycles. The van der Waals surface area contributed by atoms with Gasteiger partial charge in [-0.25, -0.2) is 0 Å². The van der Waals surface area contributed by atoms with Gasteiger partial charge in [-0.2, -0.15) is 0 Å². The average molecular weight is 197 g/mol. The first-order chi connectivity index (χ1) is 6.77. The summed E-state index contributed by atoms with van der Waals surface area (Å²) < 4.78 is 5.58. The summed E-state index contributed by atoms with van der Waals surface area (Å²) in [5, 5.41) is 3.79. The molecule has 4 atom stereocenters. The molecule has 1 saturated carbocycles. The van der Waals surface area contributed by atoms with E-state index >= 15 is 0 Å². The minimum atomic E-state index is 0.420. The molecule has 0 radical (unpaired) electrons. The monoisotopic (exact) mass is 197 g/mol. The molecule has 0 unspecified atom stereocenters. The largest absolute Gasteiger partial charge is 0.377 e. The van der Waals surface area contributed by atoms with E-state index in [0.717, 1.165) is 18.6 Å². The van der Waals surface area contributed by atoms with E-state index < -0.39 is 0 Å². The SMILES string of the molecule is C[C@@H]1CCCC[C@@H]1N[C@@H]1CCO[C@H]1C. The lowest BCUT2D eigenvalue weighted by Crippen LogP contribution is -2.46. The van der Waals surface area contributed by atoms with Crippen LogP contribution in [0.2, 0.25) is 0 Å². The Balaban J connectivity index is 1.83. The van der Waals surface area contributed by atoms with Crippen molar-refractivity contribution in [1.82, 2.24) is 5.32 Å². The van der Waals surface area contributed by atoms with E-state index in [2.05, 4.69) is 19.2 Å². The zero-order valence-corrected chi connectivity index (χ0v) is 9.46. The number of ether oxygens (including phenoxy) is 1. The summed E-state index contributed by atoms with van der Waals surface area (Å²) in [7, 11) is 0. The predicted octanol–water partition coefficient (Wildman–Crippen LogP) is 2.33. The fraction of sp³-hybridized carbons (Fsp3) is 1.00. The quantitative estimate of drug-likeness (QED) is 0.733. The second-order valence-electron chi connectivity index (χ2n) is 5.01. The Hall–Kier alpha value is -0.0800. The first-order valence-electron chi connectivity index (χ1n) is 6.15. The zero-order chi connectivity index (χ0) is 9.97. The highest BCUT2D eigenvalue weighted by molar-refractivity contribution is 4.86. The van der Waals surface area contributed by atoms with E-state index in [4.69, 9.17) is 4.74 Å². The van der Waals surface area contributed by atoms with E-state index in [1.165, 1.54) is 32.1 Å². The van der Waals surface area contributed by atoms with Gasteiger partial charge in [-0.1, -0.05) is 19.8 Å². The summed E-state index contributed by atoms with van der Waals surface area (Å²) in [4.78, 5) is 0. The third-order valence-corrected chi connectivity index (χ3v) is 3.92. The Bertz CT molecular complexity index is 183. The molecule has 0 aromatic heterocycles. The predicted molar refractivity (Wildman–Crippen MR) is 58.4 cm³/mol. The highest BCUT2D eigenvalue weighted by atomic mass is 16.5. The van der Waals surface area contributed by atoms with Crippen molar-refractivity contribution < 1.29 is 4.74 Å². The van der Waals surface area contributed by atoms with Crippen LogP contribution in [0.15, 0.2) is 0 Å². The molecule has 1 N–H and O–H groups in total. The summed E-state index contributed by atoms with van der Waals surface area (Å²) in [6, 6.07) is 1.36. The molecule has 14 heavy (non-hydrogen) atoms. The molecule has 0 bridgehead atoms. The van der Waals surface area contributed by atoms with Crippen molar-refractivity contribution in [3.63, 3.8) is 0 Å². The van der Waals surface area contributed by atoms with Crippen LogP contribution >= 0.6 is 0 Å². The second-order valence-corrected chi connectivity index (χ2v) is 5.01. The van der Waals surface area contributed by atoms with Gasteiger partial charge in [0, 0.05) is 18.7 Å². The van der Waals surface area contributed by atoms with Gasteiger partial charge in [0.15, 0.2) is 0 Å². The van der Waals surface area contributed by atoms with Crippen molar-refractivity contribution in [1.29, 1.82) is 0 Å². The van der Waals surface area contributed by atoms with E-state index in [1.54, 1.807) is 0 Å². The molecule has 0 amide bonds. The van der Waals surface area contributed by atoms with Gasteiger partial charge in [-0.05, 0) is 32.1 Å². The molecule has 82 valence electrons. The van der Waals surface area contributed by atoms with Crippen LogP contribution in [0.1, 0.15) is 46.0 Å². The molecule has 2 heteroatoms. The molecule has 1 heterocycles. The van der Waals surface area contributed by atoms with Crippen LogP contribution in [0.4, 0.5) is 0 Å². The lowest BCUT2D eigenvalue weighted by Gasteiger charge is -2.32. The molecule has 0 aromatic rings. The van der Waals surface area contributed by atoms with Crippen LogP contribution in [0.3, 0.4) is 0 Å². The number of hydrogen-bond acceptors (Lipinski definition) is 2. The Morgan fingerprint density at radius 2 is 1.79 bits per heavy atom. The summed E-state index contributed by atoms with van der Waals surface area (Å²) >= 11 is 0. The van der Waals surface area contributed by atoms with Crippen molar-refractivity contribution in [2.75, 3.05) is 6.61 Å². The van der Waals surface area contributed by atoms with E-state index in [-0.39, 0.29) is 0 Å². The Morgan fingerprint density at radius 3 is 2.43 bits per heavy atom. The fourth-order valence-corrected chi connectivity index (χ4v) is 2.79. The maximum Gasteiger partial charge on any atom is 0.0700 e. The maximum atomic E-state index is 5.58. The van der Waals surface area contributed by atoms with Crippen molar-refractivity contribution in [3.8, 4) is 0 Å². The van der Waals surface area contributed by atoms with Crippen molar-refractivity contribution in [3.05, 3.63) is 0 Å². The van der Waals surface area contributed by atoms with Crippen LogP contribution in [-0.2, 0) is 4.74 Å². The molecule has 2 rings (SSSR count).